The molecule has 1 amide bonds. The second kappa shape index (κ2) is 12.2. The summed E-state index contributed by atoms with van der Waals surface area (Å²) >= 11 is 1.72. The van der Waals surface area contributed by atoms with Crippen molar-refractivity contribution in [2.45, 2.75) is 19.0 Å². The van der Waals surface area contributed by atoms with Crippen LogP contribution >= 0.6 is 11.3 Å². The number of anilines is 1. The number of benzene rings is 2. The van der Waals surface area contributed by atoms with Gasteiger partial charge in [0.25, 0.3) is 5.91 Å². The molecule has 37 heavy (non-hydrogen) atoms. The van der Waals surface area contributed by atoms with E-state index in [9.17, 15) is 4.79 Å². The Labute approximate surface area is 222 Å². The molecule has 0 radical (unpaired) electrons. The van der Waals surface area contributed by atoms with E-state index >= 15 is 0 Å². The first kappa shape index (κ1) is 26.6. The zero-order valence-corrected chi connectivity index (χ0v) is 22.8. The van der Waals surface area contributed by atoms with E-state index in [0.717, 1.165) is 31.9 Å². The van der Waals surface area contributed by atoms with Crippen molar-refractivity contribution in [2.75, 3.05) is 59.5 Å². The van der Waals surface area contributed by atoms with Crippen LogP contribution in [0.15, 0.2) is 53.9 Å². The van der Waals surface area contributed by atoms with E-state index in [1.165, 1.54) is 10.6 Å². The van der Waals surface area contributed by atoms with Gasteiger partial charge in [-0.05, 0) is 54.8 Å². The van der Waals surface area contributed by atoms with Gasteiger partial charge >= 0.3 is 0 Å². The van der Waals surface area contributed by atoms with E-state index in [0.29, 0.717) is 22.8 Å². The first-order valence-electron chi connectivity index (χ1n) is 12.3. The Morgan fingerprint density at radius 2 is 1.54 bits per heavy atom. The Morgan fingerprint density at radius 1 is 0.892 bits per heavy atom. The lowest BCUT2D eigenvalue weighted by atomic mass is 10.0. The summed E-state index contributed by atoms with van der Waals surface area (Å²) in [6, 6.07) is 15.7. The van der Waals surface area contributed by atoms with E-state index < -0.39 is 0 Å². The van der Waals surface area contributed by atoms with Crippen molar-refractivity contribution in [3.8, 4) is 23.0 Å². The zero-order chi connectivity index (χ0) is 26.4. The number of thiophene rings is 1. The van der Waals surface area contributed by atoms with E-state index in [2.05, 4.69) is 51.7 Å². The van der Waals surface area contributed by atoms with Gasteiger partial charge in [-0.25, -0.2) is 0 Å². The first-order valence-corrected chi connectivity index (χ1v) is 13.1. The quantitative estimate of drug-likeness (QED) is 0.419. The largest absolute Gasteiger partial charge is 0.497 e. The molecule has 2 atom stereocenters. The maximum Gasteiger partial charge on any atom is 0.251 e. The molecule has 2 aromatic carbocycles. The SMILES string of the molecule is COc1ccc(N2CCN([C@@H](c3cccs3)[C@@H](C)NC(=O)c3cc(OC)c(OC)c(OC)c3)CC2)cc1. The second-order valence-corrected chi connectivity index (χ2v) is 9.84. The second-order valence-electron chi connectivity index (χ2n) is 8.86. The molecule has 0 bridgehead atoms. The van der Waals surface area contributed by atoms with Crippen LogP contribution in [0.1, 0.15) is 28.2 Å². The third-order valence-electron chi connectivity index (χ3n) is 6.74. The summed E-state index contributed by atoms with van der Waals surface area (Å²) in [6.07, 6.45) is 0. The van der Waals surface area contributed by atoms with Gasteiger partial charge in [0.15, 0.2) is 11.5 Å². The highest BCUT2D eigenvalue weighted by Gasteiger charge is 2.31. The van der Waals surface area contributed by atoms with E-state index in [1.54, 1.807) is 51.9 Å². The molecular weight excluding hydrogens is 490 g/mol. The number of carbonyl (C=O) groups is 1. The van der Waals surface area contributed by atoms with E-state index in [1.807, 2.05) is 12.1 Å². The predicted octanol–water partition coefficient (Wildman–Crippen LogP) is 4.46. The third kappa shape index (κ3) is 5.94. The highest BCUT2D eigenvalue weighted by molar-refractivity contribution is 7.10. The molecule has 2 heterocycles. The molecule has 3 aromatic rings. The molecule has 4 rings (SSSR count). The Bertz CT molecular complexity index is 1140. The fraction of sp³-hybridized carbons (Fsp3) is 0.393. The molecule has 0 spiro atoms. The Morgan fingerprint density at radius 3 is 2.05 bits per heavy atom. The minimum Gasteiger partial charge on any atom is -0.497 e. The van der Waals surface area contributed by atoms with Crippen molar-refractivity contribution in [1.82, 2.24) is 10.2 Å². The van der Waals surface area contributed by atoms with Crippen molar-refractivity contribution in [3.63, 3.8) is 0 Å². The first-order chi connectivity index (χ1) is 18.0. The number of hydrogen-bond donors (Lipinski definition) is 1. The normalized spacial score (nSPS) is 15.5. The average Bonchev–Trinajstić information content (AvgIpc) is 3.47. The highest BCUT2D eigenvalue weighted by Crippen LogP contribution is 2.38. The summed E-state index contributed by atoms with van der Waals surface area (Å²) < 4.78 is 21.6. The number of methoxy groups -OCH3 is 4. The summed E-state index contributed by atoms with van der Waals surface area (Å²) in [5.41, 5.74) is 1.65. The minimum atomic E-state index is -0.190. The molecule has 0 saturated carbocycles. The summed E-state index contributed by atoms with van der Waals surface area (Å²) in [5, 5.41) is 5.31. The Hall–Kier alpha value is -3.43. The molecule has 1 aromatic heterocycles. The van der Waals surface area contributed by atoms with Crippen LogP contribution in [0.2, 0.25) is 0 Å². The molecule has 1 aliphatic rings. The maximum atomic E-state index is 13.3. The van der Waals surface area contributed by atoms with Crippen molar-refractivity contribution < 1.29 is 23.7 Å². The zero-order valence-electron chi connectivity index (χ0n) is 22.0. The lowest BCUT2D eigenvalue weighted by Gasteiger charge is -2.42. The van der Waals surface area contributed by atoms with Crippen LogP contribution in [-0.2, 0) is 0 Å². The number of hydrogen-bond acceptors (Lipinski definition) is 8. The summed E-state index contributed by atoms with van der Waals surface area (Å²) in [4.78, 5) is 19.4. The number of piperazine rings is 1. The van der Waals surface area contributed by atoms with Gasteiger partial charge in [-0.15, -0.1) is 11.3 Å². The van der Waals surface area contributed by atoms with Gasteiger partial charge in [0.05, 0.1) is 34.5 Å². The standard InChI is InChI=1S/C28H35N3O5S/c1-19(29-28(32)20-17-23(34-3)27(36-5)24(18-20)35-4)26(25-7-6-16-37-25)31-14-12-30(13-15-31)21-8-10-22(33-2)11-9-21/h6-11,16-19,26H,12-15H2,1-5H3,(H,29,32)/t19-,26-/m1/s1. The molecule has 1 aliphatic heterocycles. The molecule has 1 saturated heterocycles. The minimum absolute atomic E-state index is 0.0593. The monoisotopic (exact) mass is 525 g/mol. The van der Waals surface area contributed by atoms with Crippen LogP contribution in [0.3, 0.4) is 0 Å². The number of amides is 1. The van der Waals surface area contributed by atoms with Crippen molar-refractivity contribution in [1.29, 1.82) is 0 Å². The summed E-state index contributed by atoms with van der Waals surface area (Å²) in [5.74, 6) is 2.02. The smallest absolute Gasteiger partial charge is 0.251 e. The van der Waals surface area contributed by atoms with Crippen LogP contribution in [0.5, 0.6) is 23.0 Å². The van der Waals surface area contributed by atoms with Crippen LogP contribution in [-0.4, -0.2) is 71.5 Å². The number of nitrogens with zero attached hydrogens (tertiary/aromatic N) is 2. The van der Waals surface area contributed by atoms with Crippen LogP contribution in [0.25, 0.3) is 0 Å². The molecule has 9 heteroatoms. The Kier molecular flexibility index (Phi) is 8.78. The van der Waals surface area contributed by atoms with Gasteiger partial charge in [0, 0.05) is 48.3 Å². The van der Waals surface area contributed by atoms with Crippen molar-refractivity contribution in [2.24, 2.45) is 0 Å². The van der Waals surface area contributed by atoms with Crippen LogP contribution in [0.4, 0.5) is 5.69 Å². The van der Waals surface area contributed by atoms with Crippen LogP contribution < -0.4 is 29.2 Å². The lowest BCUT2D eigenvalue weighted by molar-refractivity contribution is 0.0890. The maximum absolute atomic E-state index is 13.3. The predicted molar refractivity (Wildman–Crippen MR) is 147 cm³/mol. The van der Waals surface area contributed by atoms with Crippen molar-refractivity contribution in [3.05, 3.63) is 64.4 Å². The van der Waals surface area contributed by atoms with Gasteiger partial charge in [0.1, 0.15) is 5.75 Å². The fourth-order valence-electron chi connectivity index (χ4n) is 4.83. The molecule has 1 fully saturated rings. The molecule has 198 valence electrons. The number of ether oxygens (including phenoxy) is 4. The summed E-state index contributed by atoms with van der Waals surface area (Å²) in [6.45, 7) is 5.65. The third-order valence-corrected chi connectivity index (χ3v) is 7.68. The molecule has 0 unspecified atom stereocenters. The van der Waals surface area contributed by atoms with Gasteiger partial charge in [0.2, 0.25) is 5.75 Å². The molecule has 0 aliphatic carbocycles. The van der Waals surface area contributed by atoms with Gasteiger partial charge in [-0.3, -0.25) is 9.69 Å². The van der Waals surface area contributed by atoms with Crippen molar-refractivity contribution >= 4 is 22.9 Å². The fourth-order valence-corrected chi connectivity index (χ4v) is 5.80. The molecular formula is C28H35N3O5S. The summed E-state index contributed by atoms with van der Waals surface area (Å²) in [7, 11) is 6.31. The van der Waals surface area contributed by atoms with E-state index in [-0.39, 0.29) is 18.0 Å². The molecule has 8 nitrogen and oxygen atoms in total. The average molecular weight is 526 g/mol. The van der Waals surface area contributed by atoms with Gasteiger partial charge < -0.3 is 29.2 Å². The lowest BCUT2D eigenvalue weighted by Crippen LogP contribution is -2.52. The number of nitrogens with one attached hydrogen (secondary N) is 1. The van der Waals surface area contributed by atoms with Gasteiger partial charge in [-0.2, -0.15) is 0 Å². The Balaban J connectivity index is 1.49. The molecule has 1 N–H and O–H groups in total. The van der Waals surface area contributed by atoms with Gasteiger partial charge in [-0.1, -0.05) is 6.07 Å². The van der Waals surface area contributed by atoms with E-state index in [4.69, 9.17) is 18.9 Å². The number of rotatable bonds is 10. The highest BCUT2D eigenvalue weighted by atomic mass is 32.1. The van der Waals surface area contributed by atoms with Crippen LogP contribution in [0, 0.1) is 0 Å². The number of carbonyl (C=O) groups excluding carboxylic acids is 1. The topological polar surface area (TPSA) is 72.5 Å².